The molecule has 0 aromatic rings. The highest BCUT2D eigenvalue weighted by Gasteiger charge is 2.47. The summed E-state index contributed by atoms with van der Waals surface area (Å²) in [4.78, 5) is 0. The smallest absolute Gasteiger partial charge is 0.411 e. The van der Waals surface area contributed by atoms with Crippen molar-refractivity contribution in [3.63, 3.8) is 0 Å². The van der Waals surface area contributed by atoms with Crippen molar-refractivity contribution in [2.45, 2.75) is 144 Å². The van der Waals surface area contributed by atoms with Crippen molar-refractivity contribution in [1.29, 1.82) is 0 Å². The van der Waals surface area contributed by atoms with E-state index in [4.69, 9.17) is 21.1 Å². The standard InChI is InChI=1S/C27H47ClF4N6O4S/c1-26(2)10-7-16-13-19(4-6-22(16)42-26)43(39,40)38-11-8-17(9-12-38)33-23-35-24(34-18-3-5-21(29)20(28)14-18)37-25(36-23)41-15-27(30,31)32/h16-25,33-37H,3-15H2,1-2H3. The van der Waals surface area contributed by atoms with Gasteiger partial charge in [0.1, 0.15) is 41.0 Å². The number of hydrogen-bond acceptors (Lipinski definition) is 9. The molecule has 10 unspecified atom stereocenters. The number of halogens is 5. The highest BCUT2D eigenvalue weighted by molar-refractivity contribution is 7.96. The van der Waals surface area contributed by atoms with Gasteiger partial charge in [0, 0.05) is 31.6 Å². The largest absolute Gasteiger partial charge is 0.597 e. The first-order valence-electron chi connectivity index (χ1n) is 15.6. The number of ether oxygens (including phenoxy) is 2. The van der Waals surface area contributed by atoms with Crippen LogP contribution in [0, 0.1) is 5.92 Å². The minimum absolute atomic E-state index is 0.0719. The van der Waals surface area contributed by atoms with Crippen LogP contribution in [-0.2, 0) is 24.1 Å². The van der Waals surface area contributed by atoms with E-state index in [1.807, 2.05) is 0 Å². The lowest BCUT2D eigenvalue weighted by molar-refractivity contribution is -0.199. The van der Waals surface area contributed by atoms with Crippen LogP contribution in [-0.4, -0.2) is 94.2 Å². The topological polar surface area (TPSA) is 122 Å². The normalized spacial score (nSPS) is 41.3. The van der Waals surface area contributed by atoms with Crippen molar-refractivity contribution < 1.29 is 35.8 Å². The third kappa shape index (κ3) is 9.21. The molecule has 43 heavy (non-hydrogen) atoms. The molecule has 2 aliphatic carbocycles. The molecule has 0 radical (unpaired) electrons. The highest BCUT2D eigenvalue weighted by Crippen LogP contribution is 2.43. The Hall–Kier alpha value is -0.200. The van der Waals surface area contributed by atoms with E-state index in [-0.39, 0.29) is 29.7 Å². The molecule has 250 valence electrons. The van der Waals surface area contributed by atoms with Gasteiger partial charge >= 0.3 is 6.18 Å². The van der Waals surface area contributed by atoms with E-state index in [0.29, 0.717) is 58.0 Å². The summed E-state index contributed by atoms with van der Waals surface area (Å²) in [5, 5.41) is 14.8. The molecule has 2 saturated carbocycles. The van der Waals surface area contributed by atoms with Crippen molar-refractivity contribution >= 4 is 22.0 Å². The molecule has 10 nitrogen and oxygen atoms in total. The second-order valence-electron chi connectivity index (χ2n) is 13.4. The van der Waals surface area contributed by atoms with Crippen LogP contribution in [0.4, 0.5) is 17.6 Å². The summed E-state index contributed by atoms with van der Waals surface area (Å²) in [6.45, 7) is 3.51. The number of hydrogen-bond donors (Lipinski definition) is 5. The van der Waals surface area contributed by atoms with Gasteiger partial charge in [-0.05, 0) is 77.6 Å². The second kappa shape index (κ2) is 13.9. The van der Waals surface area contributed by atoms with Crippen LogP contribution in [0.5, 0.6) is 0 Å². The average molecular weight is 663 g/mol. The van der Waals surface area contributed by atoms with E-state index in [0.717, 1.165) is 19.3 Å². The molecular formula is C27H47ClF4N6O4S. The second-order valence-corrected chi connectivity index (χ2v) is 16.2. The average Bonchev–Trinajstić information content (AvgIpc) is 2.93. The first-order valence-corrected chi connectivity index (χ1v) is 17.5. The Bertz CT molecular complexity index is 980. The first kappa shape index (κ1) is 34.1. The van der Waals surface area contributed by atoms with E-state index in [1.165, 1.54) is 0 Å². The zero-order chi connectivity index (χ0) is 31.0. The Morgan fingerprint density at radius 2 is 1.67 bits per heavy atom. The summed E-state index contributed by atoms with van der Waals surface area (Å²) in [5.41, 5.74) is -0.150. The van der Waals surface area contributed by atoms with Crippen molar-refractivity contribution in [1.82, 2.24) is 30.9 Å². The lowest BCUT2D eigenvalue weighted by atomic mass is 9.78. The fourth-order valence-electron chi connectivity index (χ4n) is 7.19. The first-order chi connectivity index (χ1) is 20.2. The van der Waals surface area contributed by atoms with Gasteiger partial charge in [0.25, 0.3) is 0 Å². The number of nitrogens with zero attached hydrogens (tertiary/aromatic N) is 1. The Morgan fingerprint density at radius 1 is 1.00 bits per heavy atom. The van der Waals surface area contributed by atoms with Gasteiger partial charge in [-0.2, -0.15) is 13.2 Å². The number of fused-ring (bicyclic) bond motifs is 1. The third-order valence-electron chi connectivity index (χ3n) is 9.57. The van der Waals surface area contributed by atoms with Crippen LogP contribution in [0.25, 0.3) is 0 Å². The van der Waals surface area contributed by atoms with Gasteiger partial charge in [0.15, 0.2) is 6.35 Å². The van der Waals surface area contributed by atoms with Crippen LogP contribution in [0.15, 0.2) is 0 Å². The van der Waals surface area contributed by atoms with Gasteiger partial charge in [-0.25, -0.2) is 4.39 Å². The third-order valence-corrected chi connectivity index (χ3v) is 12.4. The van der Waals surface area contributed by atoms with E-state index in [1.54, 1.807) is 4.31 Å². The summed E-state index contributed by atoms with van der Waals surface area (Å²) < 4.78 is 92.5. The highest BCUT2D eigenvalue weighted by atomic mass is 35.5. The molecule has 0 aromatic carbocycles. The van der Waals surface area contributed by atoms with Gasteiger partial charge in [0.2, 0.25) is 0 Å². The van der Waals surface area contributed by atoms with E-state index in [2.05, 4.69) is 40.4 Å². The predicted molar refractivity (Wildman–Crippen MR) is 154 cm³/mol. The fraction of sp³-hybridized carbons (Fsp3) is 1.00. The molecule has 5 rings (SSSR count). The molecular weight excluding hydrogens is 616 g/mol. The predicted octanol–water partition coefficient (Wildman–Crippen LogP) is 3.01. The lowest BCUT2D eigenvalue weighted by Crippen LogP contribution is -2.76. The molecule has 0 bridgehead atoms. The molecule has 5 fully saturated rings. The summed E-state index contributed by atoms with van der Waals surface area (Å²) >= 11 is 6.12. The maximum absolute atomic E-state index is 13.8. The van der Waals surface area contributed by atoms with Gasteiger partial charge in [-0.3, -0.25) is 26.6 Å². The SMILES string of the molecule is CC1(C)CCC2CC([S+](=O)([O-])N3CCC(NC4NC(NC5CCC(F)C(Cl)C5)NC(OCC(F)(F)F)N4)CC3)CCC2O1. The van der Waals surface area contributed by atoms with Crippen LogP contribution >= 0.6 is 11.6 Å². The minimum Gasteiger partial charge on any atom is -0.597 e. The molecule has 0 spiro atoms. The maximum atomic E-state index is 13.8. The quantitative estimate of drug-likeness (QED) is 0.152. The zero-order valence-corrected chi connectivity index (χ0v) is 26.4. The number of alkyl halides is 5. The number of rotatable bonds is 8. The number of sulfonamides is 1. The Labute approximate surface area is 257 Å². The molecule has 0 aromatic heterocycles. The van der Waals surface area contributed by atoms with Crippen LogP contribution < -0.4 is 26.6 Å². The Balaban J connectivity index is 1.12. The summed E-state index contributed by atoms with van der Waals surface area (Å²) in [6.07, 6.45) is -1.54. The van der Waals surface area contributed by atoms with E-state index < -0.39 is 58.9 Å². The van der Waals surface area contributed by atoms with E-state index >= 15 is 0 Å². The van der Waals surface area contributed by atoms with Crippen molar-refractivity contribution in [2.75, 3.05) is 19.7 Å². The van der Waals surface area contributed by atoms with Crippen molar-refractivity contribution in [2.24, 2.45) is 5.92 Å². The van der Waals surface area contributed by atoms with Crippen molar-refractivity contribution in [3.05, 3.63) is 0 Å². The number of nitrogens with one attached hydrogen (secondary N) is 5. The molecule has 3 aliphatic heterocycles. The van der Waals surface area contributed by atoms with Gasteiger partial charge in [-0.1, -0.05) is 4.21 Å². The molecule has 5 aliphatic rings. The summed E-state index contributed by atoms with van der Waals surface area (Å²) in [5.74, 6) is 0.272. The minimum atomic E-state index is -4.50. The number of piperidine rings is 1. The van der Waals surface area contributed by atoms with E-state index in [9.17, 15) is 26.3 Å². The van der Waals surface area contributed by atoms with Crippen LogP contribution in [0.1, 0.15) is 78.1 Å². The Morgan fingerprint density at radius 3 is 2.33 bits per heavy atom. The molecule has 3 heterocycles. The molecule has 3 saturated heterocycles. The van der Waals surface area contributed by atoms with Gasteiger partial charge in [-0.15, -0.1) is 15.9 Å². The zero-order valence-electron chi connectivity index (χ0n) is 24.8. The van der Waals surface area contributed by atoms with Crippen molar-refractivity contribution in [3.8, 4) is 0 Å². The fourth-order valence-corrected chi connectivity index (χ4v) is 9.60. The monoisotopic (exact) mass is 662 g/mol. The molecule has 0 amide bonds. The maximum Gasteiger partial charge on any atom is 0.411 e. The summed E-state index contributed by atoms with van der Waals surface area (Å²) in [7, 11) is -3.45. The molecule has 5 N–H and O–H groups in total. The lowest BCUT2D eigenvalue weighted by Gasteiger charge is -2.47. The van der Waals surface area contributed by atoms with Gasteiger partial charge in [0.05, 0.1) is 17.1 Å². The summed E-state index contributed by atoms with van der Waals surface area (Å²) in [6, 6.07) is -0.200. The molecule has 16 heteroatoms. The van der Waals surface area contributed by atoms with Gasteiger partial charge < -0.3 is 14.0 Å². The molecule has 10 atom stereocenters. The van der Waals surface area contributed by atoms with Crippen LogP contribution in [0.3, 0.4) is 0 Å². The van der Waals surface area contributed by atoms with Crippen LogP contribution in [0.2, 0.25) is 0 Å². The Kier molecular flexibility index (Phi) is 11.0.